The molecular weight excluding hydrogens is 260 g/mol. The summed E-state index contributed by atoms with van der Waals surface area (Å²) in [4.78, 5) is 3.22. The molecule has 1 unspecified atom stereocenters. The van der Waals surface area contributed by atoms with Gasteiger partial charge in [-0.1, -0.05) is 0 Å². The fourth-order valence-electron chi connectivity index (χ4n) is 3.11. The number of fused-ring (bicyclic) bond motifs is 1. The van der Waals surface area contributed by atoms with Gasteiger partial charge in [0, 0.05) is 40.6 Å². The van der Waals surface area contributed by atoms with Crippen molar-refractivity contribution in [2.75, 3.05) is 5.32 Å². The molecule has 1 aromatic carbocycles. The Morgan fingerprint density at radius 2 is 2.10 bits per heavy atom. The van der Waals surface area contributed by atoms with Crippen LogP contribution >= 0.6 is 0 Å². The van der Waals surface area contributed by atoms with Gasteiger partial charge in [-0.3, -0.25) is 4.68 Å². The molecule has 0 amide bonds. The van der Waals surface area contributed by atoms with Crippen LogP contribution in [0.2, 0.25) is 0 Å². The third-order valence-electron chi connectivity index (χ3n) is 4.11. The highest BCUT2D eigenvalue weighted by Gasteiger charge is 2.16. The van der Waals surface area contributed by atoms with Crippen molar-refractivity contribution >= 4 is 16.6 Å². The number of anilines is 1. The molecule has 3 aromatic rings. The van der Waals surface area contributed by atoms with Gasteiger partial charge in [0.05, 0.1) is 11.7 Å². The third-order valence-corrected chi connectivity index (χ3v) is 4.11. The molecule has 0 radical (unpaired) electrons. The fourth-order valence-corrected chi connectivity index (χ4v) is 3.11. The third kappa shape index (κ3) is 2.42. The summed E-state index contributed by atoms with van der Waals surface area (Å²) in [6, 6.07) is 8.74. The van der Waals surface area contributed by atoms with Crippen molar-refractivity contribution in [2.24, 2.45) is 0 Å². The minimum atomic E-state index is 0.238. The molecule has 110 valence electrons. The standard InChI is InChI=1S/C17H22N4/c1-5-21-13(4)17(12(3)20-21)11(2)19-15-6-7-16-14(10-15)8-9-18-16/h6-11,18-19H,5H2,1-4H3. The minimum Gasteiger partial charge on any atom is -0.378 e. The van der Waals surface area contributed by atoms with E-state index in [-0.39, 0.29) is 6.04 Å². The van der Waals surface area contributed by atoms with Crippen LogP contribution in [0.25, 0.3) is 10.9 Å². The molecule has 0 fully saturated rings. The largest absolute Gasteiger partial charge is 0.378 e. The Balaban J connectivity index is 1.88. The first-order chi connectivity index (χ1) is 10.1. The van der Waals surface area contributed by atoms with Gasteiger partial charge in [0.15, 0.2) is 0 Å². The molecule has 0 spiro atoms. The number of hydrogen-bond acceptors (Lipinski definition) is 2. The Kier molecular flexibility index (Phi) is 3.45. The molecular formula is C17H22N4. The number of hydrogen-bond donors (Lipinski definition) is 2. The van der Waals surface area contributed by atoms with Gasteiger partial charge in [-0.2, -0.15) is 5.10 Å². The summed E-state index contributed by atoms with van der Waals surface area (Å²) in [6.07, 6.45) is 1.97. The predicted octanol–water partition coefficient (Wildman–Crippen LogP) is 4.17. The van der Waals surface area contributed by atoms with Crippen LogP contribution in [0.4, 0.5) is 5.69 Å². The molecule has 0 bridgehead atoms. The van der Waals surface area contributed by atoms with E-state index < -0.39 is 0 Å². The zero-order valence-electron chi connectivity index (χ0n) is 13.1. The molecule has 0 aliphatic rings. The molecule has 4 heteroatoms. The summed E-state index contributed by atoms with van der Waals surface area (Å²) in [5, 5.41) is 9.42. The van der Waals surface area contributed by atoms with Gasteiger partial charge in [0.1, 0.15) is 0 Å². The summed E-state index contributed by atoms with van der Waals surface area (Å²) in [6.45, 7) is 9.46. The average molecular weight is 282 g/mol. The SMILES string of the molecule is CCn1nc(C)c(C(C)Nc2ccc3[nH]ccc3c2)c1C. The molecule has 2 aromatic heterocycles. The van der Waals surface area contributed by atoms with Gasteiger partial charge in [0.25, 0.3) is 0 Å². The summed E-state index contributed by atoms with van der Waals surface area (Å²) < 4.78 is 2.07. The molecule has 2 N–H and O–H groups in total. The van der Waals surface area contributed by atoms with Crippen LogP contribution in [-0.4, -0.2) is 14.8 Å². The first-order valence-corrected chi connectivity index (χ1v) is 7.47. The highest BCUT2D eigenvalue weighted by molar-refractivity contribution is 5.83. The molecule has 0 saturated heterocycles. The molecule has 3 rings (SSSR count). The second-order valence-corrected chi connectivity index (χ2v) is 5.55. The predicted molar refractivity (Wildman–Crippen MR) is 87.7 cm³/mol. The van der Waals surface area contributed by atoms with Crippen molar-refractivity contribution in [3.63, 3.8) is 0 Å². The first kappa shape index (κ1) is 13.7. The van der Waals surface area contributed by atoms with Crippen molar-refractivity contribution in [3.05, 3.63) is 47.4 Å². The van der Waals surface area contributed by atoms with Crippen molar-refractivity contribution in [1.82, 2.24) is 14.8 Å². The average Bonchev–Trinajstić information content (AvgIpc) is 3.02. The molecule has 21 heavy (non-hydrogen) atoms. The van der Waals surface area contributed by atoms with Crippen molar-refractivity contribution < 1.29 is 0 Å². The Hall–Kier alpha value is -2.23. The number of benzene rings is 1. The number of aromatic nitrogens is 3. The van der Waals surface area contributed by atoms with E-state index in [0.717, 1.165) is 17.9 Å². The number of nitrogens with one attached hydrogen (secondary N) is 2. The van der Waals surface area contributed by atoms with Crippen molar-refractivity contribution in [2.45, 2.75) is 40.3 Å². The Labute approximate surface area is 125 Å². The molecule has 0 aliphatic carbocycles. The van der Waals surface area contributed by atoms with Crippen LogP contribution in [0.1, 0.15) is 36.8 Å². The van der Waals surface area contributed by atoms with Gasteiger partial charge < -0.3 is 10.3 Å². The van der Waals surface area contributed by atoms with Crippen LogP contribution in [0.5, 0.6) is 0 Å². The normalized spacial score (nSPS) is 12.8. The summed E-state index contributed by atoms with van der Waals surface area (Å²) >= 11 is 0. The lowest BCUT2D eigenvalue weighted by Crippen LogP contribution is -2.09. The van der Waals surface area contributed by atoms with Crippen LogP contribution in [0.15, 0.2) is 30.5 Å². The van der Waals surface area contributed by atoms with Gasteiger partial charge in [-0.15, -0.1) is 0 Å². The Morgan fingerprint density at radius 3 is 2.81 bits per heavy atom. The minimum absolute atomic E-state index is 0.238. The maximum absolute atomic E-state index is 4.60. The van der Waals surface area contributed by atoms with Crippen LogP contribution in [-0.2, 0) is 6.54 Å². The first-order valence-electron chi connectivity index (χ1n) is 7.47. The van der Waals surface area contributed by atoms with Crippen LogP contribution < -0.4 is 5.32 Å². The zero-order valence-corrected chi connectivity index (χ0v) is 13.1. The Bertz CT molecular complexity index is 766. The highest BCUT2D eigenvalue weighted by atomic mass is 15.3. The number of rotatable bonds is 4. The molecule has 0 aliphatic heterocycles. The van der Waals surface area contributed by atoms with Crippen LogP contribution in [0, 0.1) is 13.8 Å². The van der Waals surface area contributed by atoms with E-state index in [1.165, 1.54) is 22.2 Å². The number of H-pyrrole nitrogens is 1. The second kappa shape index (κ2) is 5.28. The maximum atomic E-state index is 4.60. The highest BCUT2D eigenvalue weighted by Crippen LogP contribution is 2.26. The fraction of sp³-hybridized carbons (Fsp3) is 0.353. The number of aryl methyl sites for hydroxylation is 2. The molecule has 0 saturated carbocycles. The van der Waals surface area contributed by atoms with E-state index in [2.05, 4.69) is 72.0 Å². The van der Waals surface area contributed by atoms with Crippen molar-refractivity contribution in [3.8, 4) is 0 Å². The van der Waals surface area contributed by atoms with Gasteiger partial charge >= 0.3 is 0 Å². The summed E-state index contributed by atoms with van der Waals surface area (Å²) in [5.41, 5.74) is 5.96. The lowest BCUT2D eigenvalue weighted by atomic mass is 10.1. The van der Waals surface area contributed by atoms with E-state index in [4.69, 9.17) is 0 Å². The lowest BCUT2D eigenvalue weighted by Gasteiger charge is -2.16. The smallest absolute Gasteiger partial charge is 0.0649 e. The molecule has 1 atom stereocenters. The van der Waals surface area contributed by atoms with Crippen molar-refractivity contribution in [1.29, 1.82) is 0 Å². The summed E-state index contributed by atoms with van der Waals surface area (Å²) in [5.74, 6) is 0. The van der Waals surface area contributed by atoms with Gasteiger partial charge in [-0.05, 0) is 52.0 Å². The Morgan fingerprint density at radius 1 is 1.29 bits per heavy atom. The van der Waals surface area contributed by atoms with E-state index in [1.54, 1.807) is 0 Å². The topological polar surface area (TPSA) is 45.6 Å². The van der Waals surface area contributed by atoms with E-state index in [0.29, 0.717) is 0 Å². The van der Waals surface area contributed by atoms with Crippen LogP contribution in [0.3, 0.4) is 0 Å². The maximum Gasteiger partial charge on any atom is 0.0649 e. The number of nitrogens with zero attached hydrogens (tertiary/aromatic N) is 2. The quantitative estimate of drug-likeness (QED) is 0.754. The van der Waals surface area contributed by atoms with Gasteiger partial charge in [-0.25, -0.2) is 0 Å². The second-order valence-electron chi connectivity index (χ2n) is 5.55. The summed E-state index contributed by atoms with van der Waals surface area (Å²) in [7, 11) is 0. The zero-order chi connectivity index (χ0) is 15.0. The van der Waals surface area contributed by atoms with Gasteiger partial charge in [0.2, 0.25) is 0 Å². The number of aromatic amines is 1. The lowest BCUT2D eigenvalue weighted by molar-refractivity contribution is 0.632. The molecule has 4 nitrogen and oxygen atoms in total. The van der Waals surface area contributed by atoms with E-state index in [1.807, 2.05) is 6.20 Å². The molecule has 2 heterocycles. The van der Waals surface area contributed by atoms with E-state index in [9.17, 15) is 0 Å². The van der Waals surface area contributed by atoms with E-state index >= 15 is 0 Å². The monoisotopic (exact) mass is 282 g/mol.